The molecule has 1 fully saturated rings. The molecule has 2 N–H and O–H groups in total. The highest BCUT2D eigenvalue weighted by Gasteiger charge is 2.27. The highest BCUT2D eigenvalue weighted by Crippen LogP contribution is 2.38. The number of methoxy groups -OCH3 is 1. The molecule has 2 aromatic rings. The third-order valence-electron chi connectivity index (χ3n) is 4.29. The van der Waals surface area contributed by atoms with Gasteiger partial charge in [-0.3, -0.25) is 4.79 Å². The fourth-order valence-electron chi connectivity index (χ4n) is 2.81. The van der Waals surface area contributed by atoms with E-state index in [-0.39, 0.29) is 11.4 Å². The van der Waals surface area contributed by atoms with Gasteiger partial charge >= 0.3 is 0 Å². The Morgan fingerprint density at radius 2 is 2.07 bits per heavy atom. The first kappa shape index (κ1) is 21.3. The first-order chi connectivity index (χ1) is 14.0. The lowest BCUT2D eigenvalue weighted by Gasteiger charge is -2.13. The Balaban J connectivity index is 1.75. The van der Waals surface area contributed by atoms with Crippen LogP contribution in [-0.2, 0) is 11.2 Å². The number of anilines is 1. The number of ether oxygens (including phenoxy) is 2. The molecule has 0 unspecified atom stereocenters. The summed E-state index contributed by atoms with van der Waals surface area (Å²) in [5, 5.41) is 6.28. The van der Waals surface area contributed by atoms with Crippen molar-refractivity contribution in [2.24, 2.45) is 0 Å². The second kappa shape index (κ2) is 9.89. The second-order valence-electron chi connectivity index (χ2n) is 6.31. The summed E-state index contributed by atoms with van der Waals surface area (Å²) in [6.45, 7) is 6.16. The summed E-state index contributed by atoms with van der Waals surface area (Å²) in [6.07, 6.45) is 4.51. The molecule has 0 aromatic heterocycles. The van der Waals surface area contributed by atoms with Gasteiger partial charge < -0.3 is 20.1 Å². The Labute approximate surface area is 183 Å². The molecule has 0 aliphatic carbocycles. The molecule has 0 radical (unpaired) electrons. The summed E-state index contributed by atoms with van der Waals surface area (Å²) >= 11 is 4.96. The first-order valence-electron chi connectivity index (χ1n) is 9.20. The summed E-state index contributed by atoms with van der Waals surface area (Å²) < 4.78 is 11.8. The maximum atomic E-state index is 12.4. The molecule has 1 saturated heterocycles. The summed E-state index contributed by atoms with van der Waals surface area (Å²) in [6, 6.07) is 12.0. The maximum Gasteiger partial charge on any atom is 0.260 e. The zero-order valence-corrected chi connectivity index (χ0v) is 18.7. The molecule has 29 heavy (non-hydrogen) atoms. The number of nitrogens with one attached hydrogen (secondary N) is 2. The lowest BCUT2D eigenvalue weighted by molar-refractivity contribution is -0.116. The van der Waals surface area contributed by atoms with Crippen LogP contribution >= 0.6 is 27.7 Å². The third kappa shape index (κ3) is 5.36. The number of thioether (sulfide) groups is 1. The van der Waals surface area contributed by atoms with E-state index >= 15 is 0 Å². The van der Waals surface area contributed by atoms with E-state index in [0.717, 1.165) is 22.1 Å². The SMILES string of the molecule is C=CCOc1c(Br)cc(/C=C2\S[C@H](Nc3ccc(CC)cc3)NC2=O)cc1OC. The predicted octanol–water partition coefficient (Wildman–Crippen LogP) is 5.18. The summed E-state index contributed by atoms with van der Waals surface area (Å²) in [5.74, 6) is 1.08. The minimum absolute atomic E-state index is 0.111. The van der Waals surface area contributed by atoms with Crippen LogP contribution < -0.4 is 20.1 Å². The Kier molecular flexibility index (Phi) is 7.28. The van der Waals surface area contributed by atoms with Gasteiger partial charge in [-0.25, -0.2) is 0 Å². The number of carbonyl (C=O) groups excluding carboxylic acids is 1. The number of rotatable bonds is 8. The van der Waals surface area contributed by atoms with Crippen LogP contribution in [0.2, 0.25) is 0 Å². The highest BCUT2D eigenvalue weighted by molar-refractivity contribution is 9.10. The first-order valence-corrected chi connectivity index (χ1v) is 10.9. The molecule has 3 rings (SSSR count). The largest absolute Gasteiger partial charge is 0.493 e. The van der Waals surface area contributed by atoms with E-state index < -0.39 is 0 Å². The van der Waals surface area contributed by atoms with E-state index in [0.29, 0.717) is 23.0 Å². The van der Waals surface area contributed by atoms with Crippen molar-refractivity contribution in [3.63, 3.8) is 0 Å². The van der Waals surface area contributed by atoms with Crippen molar-refractivity contribution in [1.29, 1.82) is 0 Å². The maximum absolute atomic E-state index is 12.4. The third-order valence-corrected chi connectivity index (χ3v) is 5.90. The smallest absolute Gasteiger partial charge is 0.260 e. The van der Waals surface area contributed by atoms with Crippen molar-refractivity contribution < 1.29 is 14.3 Å². The average molecular weight is 475 g/mol. The number of hydrogen-bond donors (Lipinski definition) is 2. The molecule has 0 spiro atoms. The molecule has 1 heterocycles. The van der Waals surface area contributed by atoms with Crippen molar-refractivity contribution in [2.45, 2.75) is 18.8 Å². The van der Waals surface area contributed by atoms with Crippen LogP contribution in [-0.4, -0.2) is 25.1 Å². The van der Waals surface area contributed by atoms with Gasteiger partial charge in [-0.05, 0) is 63.8 Å². The number of carbonyl (C=O) groups is 1. The molecule has 152 valence electrons. The topological polar surface area (TPSA) is 59.6 Å². The molecule has 2 aromatic carbocycles. The fraction of sp³-hybridized carbons (Fsp3) is 0.227. The second-order valence-corrected chi connectivity index (χ2v) is 8.31. The Bertz CT molecular complexity index is 928. The molecule has 7 heteroatoms. The van der Waals surface area contributed by atoms with E-state index in [1.54, 1.807) is 13.2 Å². The van der Waals surface area contributed by atoms with Gasteiger partial charge in [0, 0.05) is 5.69 Å². The summed E-state index contributed by atoms with van der Waals surface area (Å²) in [4.78, 5) is 13.0. The van der Waals surface area contributed by atoms with E-state index in [9.17, 15) is 4.79 Å². The number of hydrogen-bond acceptors (Lipinski definition) is 5. The average Bonchev–Trinajstić information content (AvgIpc) is 3.06. The number of halogens is 1. The van der Waals surface area contributed by atoms with Crippen LogP contribution in [0.4, 0.5) is 5.69 Å². The Morgan fingerprint density at radius 3 is 2.72 bits per heavy atom. The van der Waals surface area contributed by atoms with Crippen LogP contribution in [0.1, 0.15) is 18.1 Å². The number of aryl methyl sites for hydroxylation is 1. The van der Waals surface area contributed by atoms with Gasteiger partial charge in [0.2, 0.25) is 0 Å². The minimum Gasteiger partial charge on any atom is -0.493 e. The van der Waals surface area contributed by atoms with Crippen molar-refractivity contribution in [3.8, 4) is 11.5 Å². The zero-order chi connectivity index (χ0) is 20.8. The molecule has 1 amide bonds. The van der Waals surface area contributed by atoms with E-state index in [1.807, 2.05) is 30.3 Å². The monoisotopic (exact) mass is 474 g/mol. The van der Waals surface area contributed by atoms with E-state index in [1.165, 1.54) is 17.3 Å². The molecule has 0 bridgehead atoms. The van der Waals surface area contributed by atoms with Crippen LogP contribution in [0.5, 0.6) is 11.5 Å². The van der Waals surface area contributed by atoms with Gasteiger partial charge in [0.15, 0.2) is 17.0 Å². The molecule has 1 aliphatic heterocycles. The van der Waals surface area contributed by atoms with Crippen LogP contribution in [0.3, 0.4) is 0 Å². The Hall–Kier alpha value is -2.38. The lowest BCUT2D eigenvalue weighted by atomic mass is 10.1. The molecule has 1 aliphatic rings. The molecule has 5 nitrogen and oxygen atoms in total. The number of amides is 1. The van der Waals surface area contributed by atoms with Gasteiger partial charge in [0.1, 0.15) is 6.61 Å². The van der Waals surface area contributed by atoms with Crippen LogP contribution in [0.15, 0.2) is 58.4 Å². The summed E-state index contributed by atoms with van der Waals surface area (Å²) in [5.41, 5.74) is 2.86. The molecule has 1 atom stereocenters. The van der Waals surface area contributed by atoms with Crippen molar-refractivity contribution in [3.05, 3.63) is 69.6 Å². The standard InChI is InChI=1S/C22H23BrN2O3S/c1-4-10-28-20-17(23)11-15(12-18(20)27-3)13-19-21(26)25-22(29-19)24-16-8-6-14(5-2)7-9-16/h4,6-9,11-13,22,24H,1,5,10H2,2-3H3,(H,25,26)/b19-13-/t22-/m1/s1. The van der Waals surface area contributed by atoms with Gasteiger partial charge in [0.05, 0.1) is 16.5 Å². The fourth-order valence-corrected chi connectivity index (χ4v) is 4.37. The minimum atomic E-state index is -0.221. The Morgan fingerprint density at radius 1 is 1.31 bits per heavy atom. The van der Waals surface area contributed by atoms with Crippen LogP contribution in [0, 0.1) is 0 Å². The highest BCUT2D eigenvalue weighted by atomic mass is 79.9. The quantitative estimate of drug-likeness (QED) is 0.407. The van der Waals surface area contributed by atoms with Gasteiger partial charge in [-0.2, -0.15) is 0 Å². The zero-order valence-electron chi connectivity index (χ0n) is 16.3. The number of benzene rings is 2. The van der Waals surface area contributed by atoms with Crippen LogP contribution in [0.25, 0.3) is 6.08 Å². The molecule has 0 saturated carbocycles. The summed E-state index contributed by atoms with van der Waals surface area (Å²) in [7, 11) is 1.58. The van der Waals surface area contributed by atoms with Crippen molar-refractivity contribution in [2.75, 3.05) is 19.0 Å². The van der Waals surface area contributed by atoms with Gasteiger partial charge in [-0.15, -0.1) is 0 Å². The predicted molar refractivity (Wildman–Crippen MR) is 123 cm³/mol. The van der Waals surface area contributed by atoms with Crippen molar-refractivity contribution in [1.82, 2.24) is 5.32 Å². The lowest BCUT2D eigenvalue weighted by Crippen LogP contribution is -2.30. The van der Waals surface area contributed by atoms with Gasteiger partial charge in [0.25, 0.3) is 5.91 Å². The van der Waals surface area contributed by atoms with E-state index in [4.69, 9.17) is 9.47 Å². The molecular weight excluding hydrogens is 452 g/mol. The van der Waals surface area contributed by atoms with Gasteiger partial charge in [-0.1, -0.05) is 43.5 Å². The van der Waals surface area contributed by atoms with Crippen molar-refractivity contribution >= 4 is 45.4 Å². The normalized spacial score (nSPS) is 17.1. The van der Waals surface area contributed by atoms with E-state index in [2.05, 4.69) is 52.2 Å². The molecular formula is C22H23BrN2O3S.